The van der Waals surface area contributed by atoms with Crippen LogP contribution in [0.1, 0.15) is 13.3 Å². The van der Waals surface area contributed by atoms with Crippen molar-refractivity contribution < 1.29 is 9.53 Å². The van der Waals surface area contributed by atoms with Gasteiger partial charge in [0, 0.05) is 25.7 Å². The number of amides is 1. The van der Waals surface area contributed by atoms with Gasteiger partial charge in [-0.2, -0.15) is 0 Å². The molecule has 0 saturated carbocycles. The number of hydrogen-bond acceptors (Lipinski definition) is 3. The van der Waals surface area contributed by atoms with Crippen LogP contribution < -0.4 is 4.74 Å². The van der Waals surface area contributed by atoms with Gasteiger partial charge >= 0.3 is 6.09 Å². The van der Waals surface area contributed by atoms with Crippen LogP contribution in [0.5, 0.6) is 5.75 Å². The maximum atomic E-state index is 12.0. The van der Waals surface area contributed by atoms with Crippen molar-refractivity contribution >= 4 is 6.09 Å². The van der Waals surface area contributed by atoms with E-state index in [9.17, 15) is 4.79 Å². The molecule has 0 aliphatic carbocycles. The van der Waals surface area contributed by atoms with Gasteiger partial charge in [0.15, 0.2) is 0 Å². The molecule has 4 heteroatoms. The third-order valence-corrected chi connectivity index (χ3v) is 3.45. The lowest BCUT2D eigenvalue weighted by Gasteiger charge is -2.38. The Morgan fingerprint density at radius 2 is 2.06 bits per heavy atom. The second-order valence-electron chi connectivity index (χ2n) is 4.67. The Morgan fingerprint density at radius 3 is 2.72 bits per heavy atom. The number of benzene rings is 1. The molecule has 1 saturated heterocycles. The van der Waals surface area contributed by atoms with Gasteiger partial charge in [-0.15, -0.1) is 0 Å². The molecule has 1 aromatic carbocycles. The van der Waals surface area contributed by atoms with E-state index >= 15 is 0 Å². The first-order valence-corrected chi connectivity index (χ1v) is 6.42. The highest BCUT2D eigenvalue weighted by Gasteiger charge is 2.27. The largest absolute Gasteiger partial charge is 0.415 e. The molecule has 1 aliphatic heterocycles. The minimum atomic E-state index is -0.243. The van der Waals surface area contributed by atoms with Gasteiger partial charge in [0.1, 0.15) is 5.75 Å². The van der Waals surface area contributed by atoms with Gasteiger partial charge in [-0.3, -0.25) is 4.90 Å². The summed E-state index contributed by atoms with van der Waals surface area (Å²) in [5.41, 5.74) is 0. The summed E-state index contributed by atoms with van der Waals surface area (Å²) in [6, 6.07) is 9.65. The normalized spacial score (nSPS) is 20.8. The third-order valence-electron chi connectivity index (χ3n) is 3.45. The van der Waals surface area contributed by atoms with E-state index in [-0.39, 0.29) is 6.09 Å². The van der Waals surface area contributed by atoms with Crippen LogP contribution in [0.25, 0.3) is 0 Å². The first-order chi connectivity index (χ1) is 8.70. The molecular weight excluding hydrogens is 228 g/mol. The minimum absolute atomic E-state index is 0.243. The molecule has 1 amide bonds. The summed E-state index contributed by atoms with van der Waals surface area (Å²) in [4.78, 5) is 16.1. The molecule has 1 atom stereocenters. The fourth-order valence-electron chi connectivity index (χ4n) is 2.21. The quantitative estimate of drug-likeness (QED) is 0.804. The Morgan fingerprint density at radius 1 is 1.33 bits per heavy atom. The Kier molecular flexibility index (Phi) is 4.20. The fourth-order valence-corrected chi connectivity index (χ4v) is 2.21. The number of para-hydroxylation sites is 1. The van der Waals surface area contributed by atoms with Gasteiger partial charge < -0.3 is 9.64 Å². The lowest BCUT2D eigenvalue weighted by atomic mass is 10.1. The van der Waals surface area contributed by atoms with Gasteiger partial charge in [-0.25, -0.2) is 4.79 Å². The lowest BCUT2D eigenvalue weighted by Crippen LogP contribution is -2.53. The van der Waals surface area contributed by atoms with E-state index in [1.165, 1.54) is 0 Å². The first kappa shape index (κ1) is 12.9. The molecule has 18 heavy (non-hydrogen) atoms. The summed E-state index contributed by atoms with van der Waals surface area (Å²) in [5, 5.41) is 0. The van der Waals surface area contributed by atoms with Crippen molar-refractivity contribution in [2.24, 2.45) is 0 Å². The number of carbonyl (C=O) groups is 1. The van der Waals surface area contributed by atoms with Crippen molar-refractivity contribution in [3.8, 4) is 5.75 Å². The molecule has 4 nitrogen and oxygen atoms in total. The van der Waals surface area contributed by atoms with E-state index in [1.807, 2.05) is 18.2 Å². The smallest absolute Gasteiger partial charge is 0.410 e. The zero-order valence-corrected chi connectivity index (χ0v) is 11.0. The van der Waals surface area contributed by atoms with Gasteiger partial charge in [-0.05, 0) is 25.6 Å². The Hall–Kier alpha value is -1.55. The summed E-state index contributed by atoms with van der Waals surface area (Å²) in [6.45, 7) is 4.53. The molecule has 0 aromatic heterocycles. The van der Waals surface area contributed by atoms with Crippen LogP contribution in [0, 0.1) is 0 Å². The van der Waals surface area contributed by atoms with Crippen molar-refractivity contribution in [2.45, 2.75) is 19.4 Å². The van der Waals surface area contributed by atoms with E-state index in [0.717, 1.165) is 26.1 Å². The van der Waals surface area contributed by atoms with Gasteiger partial charge in [-0.1, -0.05) is 25.1 Å². The monoisotopic (exact) mass is 248 g/mol. The number of nitrogens with zero attached hydrogens (tertiary/aromatic N) is 2. The van der Waals surface area contributed by atoms with Gasteiger partial charge in [0.05, 0.1) is 0 Å². The molecule has 0 spiro atoms. The predicted molar refractivity (Wildman–Crippen MR) is 70.7 cm³/mol. The molecular formula is C14H20N2O2. The summed E-state index contributed by atoms with van der Waals surface area (Å²) in [5.74, 6) is 0.606. The topological polar surface area (TPSA) is 32.8 Å². The maximum Gasteiger partial charge on any atom is 0.415 e. The summed E-state index contributed by atoms with van der Waals surface area (Å²) in [6.07, 6.45) is 0.804. The van der Waals surface area contributed by atoms with E-state index in [4.69, 9.17) is 4.74 Å². The number of rotatable bonds is 2. The Balaban J connectivity index is 1.93. The molecule has 2 rings (SSSR count). The average molecular weight is 248 g/mol. The highest BCUT2D eigenvalue weighted by molar-refractivity contribution is 5.70. The molecule has 1 fully saturated rings. The Labute approximate surface area is 108 Å². The van der Waals surface area contributed by atoms with Crippen molar-refractivity contribution in [2.75, 3.05) is 26.7 Å². The summed E-state index contributed by atoms with van der Waals surface area (Å²) in [7, 11) is 2.11. The average Bonchev–Trinajstić information content (AvgIpc) is 2.40. The van der Waals surface area contributed by atoms with Crippen molar-refractivity contribution in [1.29, 1.82) is 0 Å². The fraction of sp³-hybridized carbons (Fsp3) is 0.500. The van der Waals surface area contributed by atoms with Gasteiger partial charge in [0.25, 0.3) is 0 Å². The minimum Gasteiger partial charge on any atom is -0.410 e. The van der Waals surface area contributed by atoms with E-state index in [2.05, 4.69) is 18.9 Å². The SMILES string of the molecule is CCC1CN(C(=O)Oc2ccccc2)CCN1C. The molecule has 98 valence electrons. The van der Waals surface area contributed by atoms with Crippen molar-refractivity contribution in [3.05, 3.63) is 30.3 Å². The van der Waals surface area contributed by atoms with Crippen LogP contribution >= 0.6 is 0 Å². The van der Waals surface area contributed by atoms with Crippen LogP contribution in [-0.2, 0) is 0 Å². The second-order valence-corrected chi connectivity index (χ2v) is 4.67. The standard InChI is InChI=1S/C14H20N2O2/c1-3-12-11-16(10-9-15(12)2)14(17)18-13-7-5-4-6-8-13/h4-8,12H,3,9-11H2,1-2H3. The number of ether oxygens (including phenoxy) is 1. The van der Waals surface area contributed by atoms with Crippen LogP contribution in [0.3, 0.4) is 0 Å². The van der Waals surface area contributed by atoms with Crippen LogP contribution in [0.2, 0.25) is 0 Å². The predicted octanol–water partition coefficient (Wildman–Crippen LogP) is 2.21. The van der Waals surface area contributed by atoms with Crippen LogP contribution in [0.15, 0.2) is 30.3 Å². The molecule has 1 heterocycles. The van der Waals surface area contributed by atoms with Crippen molar-refractivity contribution in [3.63, 3.8) is 0 Å². The summed E-state index contributed by atoms with van der Waals surface area (Å²) < 4.78 is 5.35. The molecule has 0 N–H and O–H groups in total. The summed E-state index contributed by atoms with van der Waals surface area (Å²) >= 11 is 0. The van der Waals surface area contributed by atoms with Crippen LogP contribution in [-0.4, -0.2) is 48.6 Å². The number of hydrogen-bond donors (Lipinski definition) is 0. The van der Waals surface area contributed by atoms with Gasteiger partial charge in [0.2, 0.25) is 0 Å². The van der Waals surface area contributed by atoms with E-state index in [0.29, 0.717) is 11.8 Å². The lowest BCUT2D eigenvalue weighted by molar-refractivity contribution is 0.0859. The van der Waals surface area contributed by atoms with Crippen LogP contribution in [0.4, 0.5) is 4.79 Å². The molecule has 0 radical (unpaired) electrons. The highest BCUT2D eigenvalue weighted by Crippen LogP contribution is 2.14. The number of likely N-dealkylation sites (N-methyl/N-ethyl adjacent to an activating group) is 1. The Bertz CT molecular complexity index is 394. The zero-order chi connectivity index (χ0) is 13.0. The number of piperazine rings is 1. The second kappa shape index (κ2) is 5.87. The molecule has 0 bridgehead atoms. The molecule has 1 unspecified atom stereocenters. The highest BCUT2D eigenvalue weighted by atomic mass is 16.6. The maximum absolute atomic E-state index is 12.0. The van der Waals surface area contributed by atoms with Crippen molar-refractivity contribution in [1.82, 2.24) is 9.80 Å². The molecule has 1 aromatic rings. The number of carbonyl (C=O) groups excluding carboxylic acids is 1. The third kappa shape index (κ3) is 3.01. The van der Waals surface area contributed by atoms with E-state index in [1.54, 1.807) is 17.0 Å². The zero-order valence-electron chi connectivity index (χ0n) is 11.0. The molecule has 1 aliphatic rings. The van der Waals surface area contributed by atoms with E-state index < -0.39 is 0 Å². The first-order valence-electron chi connectivity index (χ1n) is 6.42.